The van der Waals surface area contributed by atoms with E-state index < -0.39 is 0 Å². The van der Waals surface area contributed by atoms with Gasteiger partial charge < -0.3 is 14.1 Å². The van der Waals surface area contributed by atoms with Gasteiger partial charge in [-0.05, 0) is 43.3 Å². The van der Waals surface area contributed by atoms with Gasteiger partial charge >= 0.3 is 0 Å². The van der Waals surface area contributed by atoms with Crippen LogP contribution < -0.4 is 4.90 Å². The van der Waals surface area contributed by atoms with Crippen LogP contribution in [0.15, 0.2) is 59.1 Å². The number of morpholine rings is 1. The summed E-state index contributed by atoms with van der Waals surface area (Å²) in [5.41, 5.74) is 5.96. The molecule has 146 valence electrons. The van der Waals surface area contributed by atoms with Gasteiger partial charge in [0.2, 0.25) is 5.89 Å². The van der Waals surface area contributed by atoms with Crippen LogP contribution in [0.25, 0.3) is 28.9 Å². The standard InChI is InChI=1S/C23H22N4O2/c1-17-18(16-24-27(17)19-5-3-2-4-6-19)7-10-23-25-21-15-20(8-9-22(21)29-23)26-11-13-28-14-12-26/h2-10,15-16H,11-14H2,1H3. The lowest BCUT2D eigenvalue weighted by Gasteiger charge is -2.28. The van der Waals surface area contributed by atoms with Crippen LogP contribution in [0.3, 0.4) is 0 Å². The highest BCUT2D eigenvalue weighted by Gasteiger charge is 2.13. The van der Waals surface area contributed by atoms with Gasteiger partial charge in [0.25, 0.3) is 0 Å². The van der Waals surface area contributed by atoms with Gasteiger partial charge in [0.05, 0.1) is 25.1 Å². The molecule has 0 amide bonds. The van der Waals surface area contributed by atoms with Crippen LogP contribution >= 0.6 is 0 Å². The number of oxazole rings is 1. The average molecular weight is 386 g/mol. The van der Waals surface area contributed by atoms with Crippen molar-refractivity contribution in [3.63, 3.8) is 0 Å². The van der Waals surface area contributed by atoms with E-state index in [1.54, 1.807) is 0 Å². The fourth-order valence-corrected chi connectivity index (χ4v) is 3.60. The van der Waals surface area contributed by atoms with Gasteiger partial charge in [-0.25, -0.2) is 9.67 Å². The summed E-state index contributed by atoms with van der Waals surface area (Å²) in [6.45, 7) is 5.39. The van der Waals surface area contributed by atoms with Crippen LogP contribution in [0.2, 0.25) is 0 Å². The Balaban J connectivity index is 1.39. The molecule has 29 heavy (non-hydrogen) atoms. The van der Waals surface area contributed by atoms with Crippen molar-refractivity contribution >= 4 is 28.9 Å². The first kappa shape index (κ1) is 17.7. The molecule has 0 N–H and O–H groups in total. The van der Waals surface area contributed by atoms with E-state index in [0.29, 0.717) is 5.89 Å². The predicted molar refractivity (Wildman–Crippen MR) is 114 cm³/mol. The fourth-order valence-electron chi connectivity index (χ4n) is 3.60. The Morgan fingerprint density at radius 3 is 2.62 bits per heavy atom. The van der Waals surface area contributed by atoms with Crippen LogP contribution in [-0.4, -0.2) is 41.1 Å². The minimum absolute atomic E-state index is 0.589. The Morgan fingerprint density at radius 1 is 0.966 bits per heavy atom. The van der Waals surface area contributed by atoms with Crippen molar-refractivity contribution in [3.05, 3.63) is 71.9 Å². The van der Waals surface area contributed by atoms with Crippen LogP contribution in [-0.2, 0) is 4.74 Å². The molecule has 3 heterocycles. The number of para-hydroxylation sites is 1. The van der Waals surface area contributed by atoms with Crippen molar-refractivity contribution in [2.75, 3.05) is 31.2 Å². The summed E-state index contributed by atoms with van der Waals surface area (Å²) in [6.07, 6.45) is 5.75. The molecule has 0 bridgehead atoms. The molecule has 2 aromatic heterocycles. The summed E-state index contributed by atoms with van der Waals surface area (Å²) in [5.74, 6) is 0.589. The van der Waals surface area contributed by atoms with Crippen LogP contribution in [0.4, 0.5) is 5.69 Å². The molecule has 1 fully saturated rings. The lowest BCUT2D eigenvalue weighted by Crippen LogP contribution is -2.36. The topological polar surface area (TPSA) is 56.3 Å². The largest absolute Gasteiger partial charge is 0.437 e. The fraction of sp³-hybridized carbons (Fsp3) is 0.217. The first-order valence-corrected chi connectivity index (χ1v) is 9.79. The summed E-state index contributed by atoms with van der Waals surface area (Å²) in [7, 11) is 0. The molecule has 0 unspecified atom stereocenters. The Labute approximate surface area is 169 Å². The molecule has 6 nitrogen and oxygen atoms in total. The van der Waals surface area contributed by atoms with Gasteiger partial charge in [0.1, 0.15) is 5.52 Å². The SMILES string of the molecule is Cc1c(C=Cc2nc3cc(N4CCOCC4)ccc3o2)cnn1-c1ccccc1. The maximum absolute atomic E-state index is 5.90. The molecule has 5 rings (SSSR count). The third-order valence-corrected chi connectivity index (χ3v) is 5.22. The number of anilines is 1. The van der Waals surface area contributed by atoms with E-state index in [1.807, 2.05) is 59.4 Å². The Bertz CT molecular complexity index is 1150. The average Bonchev–Trinajstić information content (AvgIpc) is 3.35. The van der Waals surface area contributed by atoms with Crippen LogP contribution in [0, 0.1) is 6.92 Å². The zero-order valence-electron chi connectivity index (χ0n) is 16.3. The van der Waals surface area contributed by atoms with Crippen molar-refractivity contribution in [3.8, 4) is 5.69 Å². The monoisotopic (exact) mass is 386 g/mol. The van der Waals surface area contributed by atoms with E-state index >= 15 is 0 Å². The molecule has 0 saturated carbocycles. The number of hydrogen-bond acceptors (Lipinski definition) is 5. The number of nitrogens with zero attached hydrogens (tertiary/aromatic N) is 4. The molecule has 6 heteroatoms. The predicted octanol–water partition coefficient (Wildman–Crippen LogP) is 4.33. The van der Waals surface area contributed by atoms with Gasteiger partial charge in [0, 0.05) is 36.1 Å². The van der Waals surface area contributed by atoms with Crippen molar-refractivity contribution < 1.29 is 9.15 Å². The number of rotatable bonds is 4. The van der Waals surface area contributed by atoms with E-state index in [1.165, 1.54) is 0 Å². The minimum atomic E-state index is 0.589. The smallest absolute Gasteiger partial charge is 0.220 e. The molecule has 0 aliphatic carbocycles. The van der Waals surface area contributed by atoms with Gasteiger partial charge in [-0.1, -0.05) is 18.2 Å². The second-order valence-electron chi connectivity index (χ2n) is 7.07. The zero-order valence-corrected chi connectivity index (χ0v) is 16.3. The maximum atomic E-state index is 5.90. The number of fused-ring (bicyclic) bond motifs is 1. The van der Waals surface area contributed by atoms with Crippen molar-refractivity contribution in [1.82, 2.24) is 14.8 Å². The molecule has 0 spiro atoms. The molecular formula is C23H22N4O2. The van der Waals surface area contributed by atoms with E-state index in [4.69, 9.17) is 9.15 Å². The van der Waals surface area contributed by atoms with Gasteiger partial charge in [-0.3, -0.25) is 0 Å². The first-order chi connectivity index (χ1) is 14.3. The second kappa shape index (κ2) is 7.56. The van der Waals surface area contributed by atoms with Crippen molar-refractivity contribution in [1.29, 1.82) is 0 Å². The highest BCUT2D eigenvalue weighted by atomic mass is 16.5. The summed E-state index contributed by atoms with van der Waals surface area (Å²) < 4.78 is 13.3. The molecule has 1 aliphatic rings. The highest BCUT2D eigenvalue weighted by molar-refractivity contribution is 5.80. The third kappa shape index (κ3) is 3.54. The number of hydrogen-bond donors (Lipinski definition) is 0. The van der Waals surface area contributed by atoms with Gasteiger partial charge in [-0.15, -0.1) is 0 Å². The first-order valence-electron chi connectivity index (χ1n) is 9.79. The molecule has 2 aromatic carbocycles. The Kier molecular flexibility index (Phi) is 4.62. The third-order valence-electron chi connectivity index (χ3n) is 5.22. The van der Waals surface area contributed by atoms with E-state index in [-0.39, 0.29) is 0 Å². The van der Waals surface area contributed by atoms with Gasteiger partial charge in [0.15, 0.2) is 5.58 Å². The Hall–Kier alpha value is -3.38. The van der Waals surface area contributed by atoms with Gasteiger partial charge in [-0.2, -0.15) is 5.10 Å². The normalized spacial score (nSPS) is 14.9. The molecule has 0 radical (unpaired) electrons. The quantitative estimate of drug-likeness (QED) is 0.523. The van der Waals surface area contributed by atoms with Crippen molar-refractivity contribution in [2.45, 2.75) is 6.92 Å². The maximum Gasteiger partial charge on any atom is 0.220 e. The molecule has 1 saturated heterocycles. The number of ether oxygens (including phenoxy) is 1. The molecule has 0 atom stereocenters. The Morgan fingerprint density at radius 2 is 1.79 bits per heavy atom. The van der Waals surface area contributed by atoms with E-state index in [9.17, 15) is 0 Å². The minimum Gasteiger partial charge on any atom is -0.437 e. The molecular weight excluding hydrogens is 364 g/mol. The zero-order chi connectivity index (χ0) is 19.6. The second-order valence-corrected chi connectivity index (χ2v) is 7.07. The van der Waals surface area contributed by atoms with E-state index in [2.05, 4.69) is 34.0 Å². The summed E-state index contributed by atoms with van der Waals surface area (Å²) in [5, 5.41) is 4.50. The highest BCUT2D eigenvalue weighted by Crippen LogP contribution is 2.24. The number of aromatic nitrogens is 3. The number of benzene rings is 2. The van der Waals surface area contributed by atoms with Crippen LogP contribution in [0.1, 0.15) is 17.1 Å². The molecule has 1 aliphatic heterocycles. The summed E-state index contributed by atoms with van der Waals surface area (Å²) in [4.78, 5) is 6.95. The lowest BCUT2D eigenvalue weighted by atomic mass is 10.2. The van der Waals surface area contributed by atoms with E-state index in [0.717, 1.165) is 60.0 Å². The van der Waals surface area contributed by atoms with Crippen molar-refractivity contribution in [2.24, 2.45) is 0 Å². The van der Waals surface area contributed by atoms with Crippen LogP contribution in [0.5, 0.6) is 0 Å². The lowest BCUT2D eigenvalue weighted by molar-refractivity contribution is 0.122. The summed E-state index contributed by atoms with van der Waals surface area (Å²) in [6, 6.07) is 16.3. The summed E-state index contributed by atoms with van der Waals surface area (Å²) >= 11 is 0. The molecule has 4 aromatic rings.